The van der Waals surface area contributed by atoms with Gasteiger partial charge in [0.25, 0.3) is 0 Å². The van der Waals surface area contributed by atoms with Crippen LogP contribution in [0.2, 0.25) is 0 Å². The van der Waals surface area contributed by atoms with Gasteiger partial charge in [0.2, 0.25) is 5.88 Å². The molecule has 0 aliphatic heterocycles. The lowest BCUT2D eigenvalue weighted by atomic mass is 10.2. The second-order valence-corrected chi connectivity index (χ2v) is 8.24. The lowest BCUT2D eigenvalue weighted by Gasteiger charge is -2.18. The minimum absolute atomic E-state index is 0.372. The lowest BCUT2D eigenvalue weighted by molar-refractivity contribution is 0.463. The molecule has 2 aromatic rings. The highest BCUT2D eigenvalue weighted by Gasteiger charge is 2.26. The first kappa shape index (κ1) is 17.5. The van der Waals surface area contributed by atoms with E-state index in [2.05, 4.69) is 9.38 Å². The Hall–Kier alpha value is -1.85. The Kier molecular flexibility index (Phi) is 5.44. The number of aromatic nitrogens is 1. The van der Waals surface area contributed by atoms with Crippen LogP contribution in [-0.2, 0) is 11.4 Å². The van der Waals surface area contributed by atoms with Crippen LogP contribution in [0.15, 0.2) is 47.0 Å². The first-order valence-electron chi connectivity index (χ1n) is 7.44. The number of aryl methyl sites for hydroxylation is 1. The van der Waals surface area contributed by atoms with E-state index in [-0.39, 0.29) is 4.75 Å². The van der Waals surface area contributed by atoms with Crippen LogP contribution in [0.4, 0.5) is 0 Å². The summed E-state index contributed by atoms with van der Waals surface area (Å²) >= 11 is -1.28. The van der Waals surface area contributed by atoms with E-state index in [0.29, 0.717) is 11.6 Å². The summed E-state index contributed by atoms with van der Waals surface area (Å²) in [6.07, 6.45) is 1.68. The van der Waals surface area contributed by atoms with E-state index in [0.717, 1.165) is 11.3 Å². The highest BCUT2D eigenvalue weighted by Crippen LogP contribution is 2.21. The summed E-state index contributed by atoms with van der Waals surface area (Å²) in [4.78, 5) is 4.28. The zero-order valence-electron chi connectivity index (χ0n) is 14.2. The van der Waals surface area contributed by atoms with Gasteiger partial charge in [0, 0.05) is 17.8 Å². The second kappa shape index (κ2) is 7.15. The molecular weight excluding hydrogens is 308 g/mol. The van der Waals surface area contributed by atoms with Gasteiger partial charge in [0.1, 0.15) is 21.9 Å². The zero-order valence-corrected chi connectivity index (χ0v) is 15.0. The fourth-order valence-corrected chi connectivity index (χ4v) is 2.32. The van der Waals surface area contributed by atoms with Crippen LogP contribution in [0.5, 0.6) is 11.6 Å². The summed E-state index contributed by atoms with van der Waals surface area (Å²) in [5.41, 5.74) is 2.71. The van der Waals surface area contributed by atoms with Crippen molar-refractivity contribution >= 4 is 17.1 Å². The Morgan fingerprint density at radius 3 is 2.30 bits per heavy atom. The molecule has 0 saturated heterocycles. The molecule has 1 atom stereocenters. The van der Waals surface area contributed by atoms with Gasteiger partial charge < -0.3 is 9.29 Å². The molecular formula is C18H22N2O2S. The Morgan fingerprint density at radius 1 is 1.13 bits per heavy atom. The Morgan fingerprint density at radius 2 is 1.78 bits per heavy atom. The van der Waals surface area contributed by atoms with E-state index in [1.54, 1.807) is 12.3 Å². The maximum atomic E-state index is 12.1. The molecule has 23 heavy (non-hydrogen) atoms. The van der Waals surface area contributed by atoms with Crippen LogP contribution in [-0.4, -0.2) is 20.0 Å². The number of nitrogens with zero attached hydrogens (tertiary/aromatic N) is 2. The first-order valence-corrected chi connectivity index (χ1v) is 8.54. The van der Waals surface area contributed by atoms with E-state index in [4.69, 9.17) is 4.74 Å². The molecule has 0 spiro atoms. The van der Waals surface area contributed by atoms with Gasteiger partial charge in [-0.3, -0.25) is 0 Å². The smallest absolute Gasteiger partial charge is 0.219 e. The predicted octanol–water partition coefficient (Wildman–Crippen LogP) is 4.45. The third kappa shape index (κ3) is 5.08. The number of hydrogen-bond donors (Lipinski definition) is 0. The zero-order chi connectivity index (χ0) is 17.0. The fraction of sp³-hybridized carbons (Fsp3) is 0.333. The molecule has 0 radical (unpaired) electrons. The van der Waals surface area contributed by atoms with Crippen molar-refractivity contribution in [3.63, 3.8) is 0 Å². The molecule has 1 unspecified atom stereocenters. The quantitative estimate of drug-likeness (QED) is 0.614. The lowest BCUT2D eigenvalue weighted by Crippen LogP contribution is -2.26. The molecule has 0 aliphatic carbocycles. The minimum atomic E-state index is -1.28. The van der Waals surface area contributed by atoms with Gasteiger partial charge >= 0.3 is 0 Å². The molecule has 1 aromatic heterocycles. The van der Waals surface area contributed by atoms with Crippen molar-refractivity contribution in [2.45, 2.75) is 39.4 Å². The van der Waals surface area contributed by atoms with E-state index >= 15 is 0 Å². The van der Waals surface area contributed by atoms with Crippen LogP contribution in [0.25, 0.3) is 0 Å². The monoisotopic (exact) mass is 330 g/mol. The van der Waals surface area contributed by atoms with Gasteiger partial charge in [-0.05, 0) is 52.8 Å². The van der Waals surface area contributed by atoms with Crippen LogP contribution in [0, 0.1) is 6.92 Å². The summed E-state index contributed by atoms with van der Waals surface area (Å²) < 4.78 is 21.6. The molecule has 2 rings (SSSR count). The molecule has 4 nitrogen and oxygen atoms in total. The van der Waals surface area contributed by atoms with Gasteiger partial charge in [-0.1, -0.05) is 22.1 Å². The van der Waals surface area contributed by atoms with E-state index in [1.165, 1.54) is 5.56 Å². The summed E-state index contributed by atoms with van der Waals surface area (Å²) in [7, 11) is 0. The normalized spacial score (nSPS) is 13.7. The highest BCUT2D eigenvalue weighted by molar-refractivity contribution is 7.91. The van der Waals surface area contributed by atoms with Gasteiger partial charge in [0.05, 0.1) is 5.71 Å². The standard InChI is InChI=1S/C18H22N2O2S/c1-13-6-9-16(10-7-13)22-17-11-8-15(12-19-17)14(2)20-23(21)18(3,4)5/h6-12H,1-5H3/b20-14-. The van der Waals surface area contributed by atoms with Crippen molar-refractivity contribution in [1.29, 1.82) is 0 Å². The predicted molar refractivity (Wildman–Crippen MR) is 95.6 cm³/mol. The van der Waals surface area contributed by atoms with Crippen molar-refractivity contribution < 1.29 is 9.29 Å². The first-order chi connectivity index (χ1) is 10.8. The third-order valence-corrected chi connectivity index (χ3v) is 4.63. The van der Waals surface area contributed by atoms with Crippen molar-refractivity contribution in [3.8, 4) is 11.6 Å². The van der Waals surface area contributed by atoms with E-state index < -0.39 is 11.4 Å². The van der Waals surface area contributed by atoms with Crippen LogP contribution >= 0.6 is 0 Å². The van der Waals surface area contributed by atoms with E-state index in [9.17, 15) is 4.55 Å². The average Bonchev–Trinajstić information content (AvgIpc) is 2.49. The maximum Gasteiger partial charge on any atom is 0.219 e. The van der Waals surface area contributed by atoms with Crippen molar-refractivity contribution in [3.05, 3.63) is 53.7 Å². The Labute approximate surface area is 141 Å². The van der Waals surface area contributed by atoms with Gasteiger partial charge in [0.15, 0.2) is 0 Å². The van der Waals surface area contributed by atoms with Crippen molar-refractivity contribution in [1.82, 2.24) is 4.98 Å². The summed E-state index contributed by atoms with van der Waals surface area (Å²) in [6, 6.07) is 11.4. The van der Waals surface area contributed by atoms with E-state index in [1.807, 2.05) is 65.0 Å². The third-order valence-electron chi connectivity index (χ3n) is 3.14. The largest absolute Gasteiger partial charge is 0.591 e. The Balaban J connectivity index is 2.10. The highest BCUT2D eigenvalue weighted by atomic mass is 32.2. The molecule has 0 amide bonds. The SMILES string of the molecule is C/C(=N/[S+]([O-])C(C)(C)C)c1ccc(Oc2ccc(C)cc2)nc1. The fourth-order valence-electron chi connectivity index (χ4n) is 1.70. The van der Waals surface area contributed by atoms with Crippen molar-refractivity contribution in [2.24, 2.45) is 4.40 Å². The van der Waals surface area contributed by atoms with Crippen molar-refractivity contribution in [2.75, 3.05) is 0 Å². The van der Waals surface area contributed by atoms with Gasteiger partial charge in [-0.2, -0.15) is 0 Å². The maximum absolute atomic E-state index is 12.1. The summed E-state index contributed by atoms with van der Waals surface area (Å²) in [5.74, 6) is 1.26. The number of benzene rings is 1. The number of ether oxygens (including phenoxy) is 1. The average molecular weight is 330 g/mol. The molecule has 0 aliphatic rings. The second-order valence-electron chi connectivity index (χ2n) is 6.34. The molecule has 0 bridgehead atoms. The summed E-state index contributed by atoms with van der Waals surface area (Å²) in [6.45, 7) is 9.56. The van der Waals surface area contributed by atoms with Crippen LogP contribution < -0.4 is 4.74 Å². The molecule has 1 aromatic carbocycles. The van der Waals surface area contributed by atoms with Gasteiger partial charge in [-0.25, -0.2) is 4.98 Å². The molecule has 1 heterocycles. The molecule has 0 fully saturated rings. The number of rotatable bonds is 4. The summed E-state index contributed by atoms with van der Waals surface area (Å²) in [5, 5.41) is 0. The molecule has 5 heteroatoms. The molecule has 0 saturated carbocycles. The van der Waals surface area contributed by atoms with Crippen LogP contribution in [0.1, 0.15) is 38.8 Å². The minimum Gasteiger partial charge on any atom is -0.591 e. The van der Waals surface area contributed by atoms with Crippen LogP contribution in [0.3, 0.4) is 0 Å². The van der Waals surface area contributed by atoms with Gasteiger partial charge in [-0.15, -0.1) is 0 Å². The topological polar surface area (TPSA) is 57.5 Å². The molecule has 122 valence electrons. The Bertz CT molecular complexity index is 674. The molecule has 0 N–H and O–H groups in total. The number of hydrogen-bond acceptors (Lipinski definition) is 4. The number of pyridine rings is 1.